The van der Waals surface area contributed by atoms with Crippen molar-refractivity contribution in [1.82, 2.24) is 0 Å². The lowest BCUT2D eigenvalue weighted by Gasteiger charge is -2.40. The first-order valence-corrected chi connectivity index (χ1v) is 16.3. The van der Waals surface area contributed by atoms with Gasteiger partial charge in [0.15, 0.2) is 11.4 Å². The average Bonchev–Trinajstić information content (AvgIpc) is 3.53. The summed E-state index contributed by atoms with van der Waals surface area (Å²) in [6.07, 6.45) is 0.724. The molecule has 244 valence electrons. The number of ether oxygens (including phenoxy) is 5. The number of rotatable bonds is 6. The third kappa shape index (κ3) is 4.71. The fourth-order valence-corrected chi connectivity index (χ4v) is 7.58. The van der Waals surface area contributed by atoms with Crippen molar-refractivity contribution in [2.45, 2.75) is 31.5 Å². The number of fused-ring (bicyclic) bond motifs is 6. The quantitative estimate of drug-likeness (QED) is 0.132. The summed E-state index contributed by atoms with van der Waals surface area (Å²) < 4.78 is 30.2. The Morgan fingerprint density at radius 2 is 1.49 bits per heavy atom. The van der Waals surface area contributed by atoms with E-state index in [1.54, 1.807) is 14.2 Å². The maximum absolute atomic E-state index is 15.0. The largest absolute Gasteiger partial charge is 0.497 e. The predicted molar refractivity (Wildman–Crippen MR) is 188 cm³/mol. The number of carbonyl (C=O) groups is 2. The minimum absolute atomic E-state index is 0.0422. The molecule has 7 heteroatoms. The number of hydrogen-bond donors (Lipinski definition) is 0. The number of hydrogen-bond acceptors (Lipinski definition) is 7. The normalized spacial score (nSPS) is 18.0. The van der Waals surface area contributed by atoms with Gasteiger partial charge >= 0.3 is 5.97 Å². The first kappa shape index (κ1) is 30.5. The summed E-state index contributed by atoms with van der Waals surface area (Å²) in [5.41, 5.74) is 3.13. The lowest BCUT2D eigenvalue weighted by atomic mass is 9.75. The molecule has 0 fully saturated rings. The smallest absolute Gasteiger partial charge is 0.339 e. The first-order valence-electron chi connectivity index (χ1n) is 16.3. The summed E-state index contributed by atoms with van der Waals surface area (Å²) in [6.45, 7) is 2.04. The molecule has 2 atom stereocenters. The topological polar surface area (TPSA) is 80.3 Å². The minimum Gasteiger partial charge on any atom is -0.497 e. The minimum atomic E-state index is -1.25. The highest BCUT2D eigenvalue weighted by atomic mass is 16.5. The Balaban J connectivity index is 1.51. The van der Waals surface area contributed by atoms with E-state index in [0.29, 0.717) is 28.2 Å². The molecule has 2 aliphatic heterocycles. The summed E-state index contributed by atoms with van der Waals surface area (Å²) in [5, 5.41) is 3.13. The first-order chi connectivity index (χ1) is 23.9. The highest BCUT2D eigenvalue weighted by molar-refractivity contribution is 6.26. The van der Waals surface area contributed by atoms with Crippen LogP contribution in [0.1, 0.15) is 50.8 Å². The van der Waals surface area contributed by atoms with Gasteiger partial charge in [-0.2, -0.15) is 0 Å². The zero-order valence-corrected chi connectivity index (χ0v) is 27.7. The van der Waals surface area contributed by atoms with Crippen molar-refractivity contribution < 1.29 is 33.3 Å². The van der Waals surface area contributed by atoms with Crippen LogP contribution in [0.15, 0.2) is 103 Å². The monoisotopic (exact) mass is 650 g/mol. The van der Waals surface area contributed by atoms with E-state index in [9.17, 15) is 9.59 Å². The van der Waals surface area contributed by atoms with Crippen LogP contribution in [-0.2, 0) is 16.8 Å². The second-order valence-corrected chi connectivity index (χ2v) is 12.6. The molecule has 0 N–H and O–H groups in total. The Kier molecular flexibility index (Phi) is 7.29. The van der Waals surface area contributed by atoms with Gasteiger partial charge < -0.3 is 23.7 Å². The summed E-state index contributed by atoms with van der Waals surface area (Å²) in [5.74, 6) is 1.57. The fraction of sp³-hybridized carbons (Fsp3) is 0.190. The standard InChI is InChI=1S/C42H34O7/c1-24-20-26-21-28(16-19-34(26)48-24)42(27-14-17-29(45-2)18-15-27)23-33(43)38-39(41(44)47-4)36(25-10-6-5-7-11-25)37-31-13-9-8-12-30(31)35(46-3)22-32(37)40(38)49-42/h5-19,21-22,24H,20,23H2,1-4H3. The molecule has 7 nitrogen and oxygen atoms in total. The van der Waals surface area contributed by atoms with Crippen molar-refractivity contribution >= 4 is 33.3 Å². The van der Waals surface area contributed by atoms with Crippen molar-refractivity contribution in [3.8, 4) is 34.1 Å². The van der Waals surface area contributed by atoms with Crippen LogP contribution in [0.2, 0.25) is 0 Å². The molecule has 2 unspecified atom stereocenters. The Labute approximate surface area is 283 Å². The molecular weight excluding hydrogens is 616 g/mol. The van der Waals surface area contributed by atoms with Gasteiger partial charge in [-0.25, -0.2) is 4.79 Å². The van der Waals surface area contributed by atoms with Crippen LogP contribution in [0.25, 0.3) is 32.7 Å². The Morgan fingerprint density at radius 1 is 0.776 bits per heavy atom. The van der Waals surface area contributed by atoms with E-state index >= 15 is 0 Å². The second kappa shape index (κ2) is 11.7. The summed E-state index contributed by atoms with van der Waals surface area (Å²) in [6, 6.07) is 33.0. The van der Waals surface area contributed by atoms with Gasteiger partial charge in [-0.1, -0.05) is 72.8 Å². The molecule has 0 saturated heterocycles. The van der Waals surface area contributed by atoms with Crippen LogP contribution >= 0.6 is 0 Å². The van der Waals surface area contributed by atoms with Gasteiger partial charge in [0, 0.05) is 39.3 Å². The van der Waals surface area contributed by atoms with E-state index in [4.69, 9.17) is 23.7 Å². The van der Waals surface area contributed by atoms with E-state index in [-0.39, 0.29) is 29.4 Å². The molecule has 0 radical (unpaired) electrons. The summed E-state index contributed by atoms with van der Waals surface area (Å²) in [7, 11) is 4.58. The Bertz CT molecular complexity index is 2290. The number of esters is 1. The third-order valence-corrected chi connectivity index (χ3v) is 9.78. The zero-order chi connectivity index (χ0) is 33.9. The van der Waals surface area contributed by atoms with E-state index in [0.717, 1.165) is 50.6 Å². The molecule has 6 aromatic rings. The number of Topliss-reactive ketones (excluding diaryl/α,β-unsaturated/α-hetero) is 1. The second-order valence-electron chi connectivity index (χ2n) is 12.6. The lowest BCUT2D eigenvalue weighted by molar-refractivity contribution is 0.0557. The van der Waals surface area contributed by atoms with E-state index in [1.165, 1.54) is 7.11 Å². The zero-order valence-electron chi connectivity index (χ0n) is 27.7. The number of carbonyl (C=O) groups excluding carboxylic acids is 2. The molecule has 49 heavy (non-hydrogen) atoms. The van der Waals surface area contributed by atoms with Crippen molar-refractivity contribution in [3.63, 3.8) is 0 Å². The van der Waals surface area contributed by atoms with Gasteiger partial charge in [0.1, 0.15) is 29.1 Å². The van der Waals surface area contributed by atoms with Crippen molar-refractivity contribution in [2.75, 3.05) is 21.3 Å². The molecule has 0 saturated carbocycles. The van der Waals surface area contributed by atoms with Crippen LogP contribution in [0.5, 0.6) is 23.0 Å². The number of methoxy groups -OCH3 is 3. The maximum Gasteiger partial charge on any atom is 0.339 e. The van der Waals surface area contributed by atoms with E-state index in [1.807, 2.05) is 104 Å². The van der Waals surface area contributed by atoms with Gasteiger partial charge in [-0.15, -0.1) is 0 Å². The molecule has 0 amide bonds. The SMILES string of the molecule is COC(=O)c1c2c(c3cc(OC)c4ccccc4c3c1-c1ccccc1)OC(c1ccc(OC)cc1)(c1ccc3c(c1)CC(C)O3)CC2=O. The van der Waals surface area contributed by atoms with Crippen LogP contribution in [0.3, 0.4) is 0 Å². The number of benzene rings is 6. The van der Waals surface area contributed by atoms with Crippen LogP contribution in [0.4, 0.5) is 0 Å². The van der Waals surface area contributed by atoms with Crippen molar-refractivity contribution in [2.24, 2.45) is 0 Å². The summed E-state index contributed by atoms with van der Waals surface area (Å²) in [4.78, 5) is 29.0. The van der Waals surface area contributed by atoms with Gasteiger partial charge in [0.25, 0.3) is 0 Å². The van der Waals surface area contributed by atoms with Crippen molar-refractivity contribution in [1.29, 1.82) is 0 Å². The lowest BCUT2D eigenvalue weighted by Crippen LogP contribution is -2.41. The van der Waals surface area contributed by atoms with Gasteiger partial charge in [0.05, 0.1) is 38.9 Å². The van der Waals surface area contributed by atoms with Crippen LogP contribution < -0.4 is 18.9 Å². The highest BCUT2D eigenvalue weighted by Gasteiger charge is 2.47. The molecule has 2 aliphatic rings. The fourth-order valence-electron chi connectivity index (χ4n) is 7.58. The van der Waals surface area contributed by atoms with Gasteiger partial charge in [0.2, 0.25) is 0 Å². The molecule has 0 spiro atoms. The summed E-state index contributed by atoms with van der Waals surface area (Å²) >= 11 is 0. The molecule has 2 heterocycles. The van der Waals surface area contributed by atoms with E-state index in [2.05, 4.69) is 6.07 Å². The van der Waals surface area contributed by atoms with Crippen LogP contribution in [-0.4, -0.2) is 39.2 Å². The average molecular weight is 651 g/mol. The maximum atomic E-state index is 15.0. The third-order valence-electron chi connectivity index (χ3n) is 9.78. The highest BCUT2D eigenvalue weighted by Crippen LogP contribution is 2.54. The van der Waals surface area contributed by atoms with Gasteiger partial charge in [-0.3, -0.25) is 4.79 Å². The molecule has 0 aliphatic carbocycles. The Hall–Kier alpha value is -5.82. The molecule has 6 aromatic carbocycles. The number of ketones is 1. The molecule has 8 rings (SSSR count). The molecular formula is C42H34O7. The Morgan fingerprint density at radius 3 is 2.20 bits per heavy atom. The molecule has 0 aromatic heterocycles. The van der Waals surface area contributed by atoms with Crippen molar-refractivity contribution in [3.05, 3.63) is 131 Å². The van der Waals surface area contributed by atoms with E-state index < -0.39 is 11.6 Å². The predicted octanol–water partition coefficient (Wildman–Crippen LogP) is 8.70. The van der Waals surface area contributed by atoms with Gasteiger partial charge in [-0.05, 0) is 53.8 Å². The van der Waals surface area contributed by atoms with Crippen LogP contribution in [0, 0.1) is 0 Å². The molecule has 0 bridgehead atoms.